The predicted octanol–water partition coefficient (Wildman–Crippen LogP) is 2.69. The molecule has 122 valence electrons. The minimum absolute atomic E-state index is 0.217. The minimum Gasteiger partial charge on any atom is -0.493 e. The fraction of sp³-hybridized carbons (Fsp3) is 0.118. The van der Waals surface area contributed by atoms with Crippen LogP contribution in [-0.4, -0.2) is 34.8 Å². The molecular weight excluding hydrogens is 311 g/mol. The Kier molecular flexibility index (Phi) is 4.24. The number of methoxy groups -OCH3 is 1. The summed E-state index contributed by atoms with van der Waals surface area (Å²) in [6.07, 6.45) is 3.18. The van der Waals surface area contributed by atoms with Crippen molar-refractivity contribution in [2.75, 3.05) is 19.1 Å². The van der Waals surface area contributed by atoms with E-state index in [0.29, 0.717) is 17.3 Å². The zero-order valence-corrected chi connectivity index (χ0v) is 13.2. The van der Waals surface area contributed by atoms with Gasteiger partial charge in [0.15, 0.2) is 17.3 Å². The van der Waals surface area contributed by atoms with Gasteiger partial charge in [-0.3, -0.25) is 9.69 Å². The van der Waals surface area contributed by atoms with E-state index in [4.69, 9.17) is 4.74 Å². The normalized spacial score (nSPS) is 10.5. The van der Waals surface area contributed by atoms with Gasteiger partial charge in [0.1, 0.15) is 5.82 Å². The molecule has 0 saturated carbocycles. The Bertz CT molecular complexity index is 878. The summed E-state index contributed by atoms with van der Waals surface area (Å²) in [5.41, 5.74) is 0.751. The SMILES string of the molecule is COc1cccnc1N(C)C(=O)c1ccn(-c2cccc(F)c2)n1. The molecule has 24 heavy (non-hydrogen) atoms. The third kappa shape index (κ3) is 2.96. The highest BCUT2D eigenvalue weighted by Gasteiger charge is 2.20. The van der Waals surface area contributed by atoms with Crippen molar-refractivity contribution in [2.24, 2.45) is 0 Å². The quantitative estimate of drug-likeness (QED) is 0.739. The molecular formula is C17H15FN4O2. The zero-order valence-electron chi connectivity index (χ0n) is 13.2. The van der Waals surface area contributed by atoms with Crippen LogP contribution in [0.2, 0.25) is 0 Å². The van der Waals surface area contributed by atoms with Crippen molar-refractivity contribution in [1.82, 2.24) is 14.8 Å². The summed E-state index contributed by atoms with van der Waals surface area (Å²) in [5.74, 6) is 0.164. The Balaban J connectivity index is 1.88. The lowest BCUT2D eigenvalue weighted by Crippen LogP contribution is -2.28. The lowest BCUT2D eigenvalue weighted by atomic mass is 10.3. The second kappa shape index (κ2) is 6.49. The lowest BCUT2D eigenvalue weighted by Gasteiger charge is -2.17. The molecule has 0 aliphatic rings. The molecule has 0 bridgehead atoms. The summed E-state index contributed by atoms with van der Waals surface area (Å²) in [7, 11) is 3.10. The summed E-state index contributed by atoms with van der Waals surface area (Å²) in [6, 6.07) is 11.0. The molecule has 0 unspecified atom stereocenters. The van der Waals surface area contributed by atoms with E-state index in [9.17, 15) is 9.18 Å². The van der Waals surface area contributed by atoms with Crippen LogP contribution in [0, 0.1) is 5.82 Å². The molecule has 0 atom stereocenters. The summed E-state index contributed by atoms with van der Waals surface area (Å²) in [4.78, 5) is 18.1. The topological polar surface area (TPSA) is 60.2 Å². The van der Waals surface area contributed by atoms with Crippen molar-refractivity contribution in [3.63, 3.8) is 0 Å². The van der Waals surface area contributed by atoms with Crippen molar-refractivity contribution >= 4 is 11.7 Å². The lowest BCUT2D eigenvalue weighted by molar-refractivity contribution is 0.0986. The van der Waals surface area contributed by atoms with Gasteiger partial charge in [-0.2, -0.15) is 5.10 Å². The number of halogens is 1. The number of ether oxygens (including phenoxy) is 1. The molecule has 3 aromatic rings. The van der Waals surface area contributed by atoms with Crippen LogP contribution in [0.5, 0.6) is 5.75 Å². The molecule has 1 amide bonds. The van der Waals surface area contributed by atoms with Gasteiger partial charge < -0.3 is 4.74 Å². The first-order valence-electron chi connectivity index (χ1n) is 7.19. The van der Waals surface area contributed by atoms with E-state index in [-0.39, 0.29) is 17.4 Å². The monoisotopic (exact) mass is 326 g/mol. The Morgan fingerprint density at radius 2 is 2.08 bits per heavy atom. The number of anilines is 1. The second-order valence-corrected chi connectivity index (χ2v) is 5.02. The molecule has 6 nitrogen and oxygen atoms in total. The van der Waals surface area contributed by atoms with Gasteiger partial charge in [-0.25, -0.2) is 14.1 Å². The number of carbonyl (C=O) groups excluding carboxylic acids is 1. The van der Waals surface area contributed by atoms with E-state index in [1.54, 1.807) is 49.8 Å². The molecule has 0 saturated heterocycles. The van der Waals surface area contributed by atoms with Crippen LogP contribution in [0.4, 0.5) is 10.2 Å². The van der Waals surface area contributed by atoms with Crippen LogP contribution in [0.3, 0.4) is 0 Å². The van der Waals surface area contributed by atoms with Crippen LogP contribution in [-0.2, 0) is 0 Å². The molecule has 0 aliphatic carbocycles. The number of hydrogen-bond acceptors (Lipinski definition) is 4. The van der Waals surface area contributed by atoms with Gasteiger partial charge in [0.25, 0.3) is 5.91 Å². The number of benzene rings is 1. The Morgan fingerprint density at radius 1 is 1.25 bits per heavy atom. The van der Waals surface area contributed by atoms with Gasteiger partial charge in [-0.1, -0.05) is 6.07 Å². The maximum absolute atomic E-state index is 13.3. The molecule has 7 heteroatoms. The highest BCUT2D eigenvalue weighted by atomic mass is 19.1. The smallest absolute Gasteiger partial charge is 0.279 e. The van der Waals surface area contributed by atoms with Gasteiger partial charge >= 0.3 is 0 Å². The zero-order chi connectivity index (χ0) is 17.1. The molecule has 1 aromatic carbocycles. The third-order valence-electron chi connectivity index (χ3n) is 3.47. The maximum atomic E-state index is 13.3. The first-order valence-corrected chi connectivity index (χ1v) is 7.19. The Morgan fingerprint density at radius 3 is 2.83 bits per heavy atom. The van der Waals surface area contributed by atoms with Crippen LogP contribution in [0.25, 0.3) is 5.69 Å². The van der Waals surface area contributed by atoms with E-state index < -0.39 is 0 Å². The van der Waals surface area contributed by atoms with Crippen LogP contribution < -0.4 is 9.64 Å². The number of aromatic nitrogens is 3. The van der Waals surface area contributed by atoms with Gasteiger partial charge in [-0.15, -0.1) is 0 Å². The average Bonchev–Trinajstić information content (AvgIpc) is 3.10. The largest absolute Gasteiger partial charge is 0.493 e. The predicted molar refractivity (Wildman–Crippen MR) is 87.0 cm³/mol. The first kappa shape index (κ1) is 15.7. The van der Waals surface area contributed by atoms with Crippen molar-refractivity contribution in [1.29, 1.82) is 0 Å². The van der Waals surface area contributed by atoms with Crippen molar-refractivity contribution in [2.45, 2.75) is 0 Å². The number of rotatable bonds is 4. The van der Waals surface area contributed by atoms with E-state index >= 15 is 0 Å². The Hall–Kier alpha value is -3.22. The third-order valence-corrected chi connectivity index (χ3v) is 3.47. The minimum atomic E-state index is -0.369. The fourth-order valence-corrected chi connectivity index (χ4v) is 2.26. The van der Waals surface area contributed by atoms with E-state index in [1.807, 2.05) is 0 Å². The molecule has 0 fully saturated rings. The average molecular weight is 326 g/mol. The number of carbonyl (C=O) groups is 1. The summed E-state index contributed by atoms with van der Waals surface area (Å²) in [5, 5.41) is 4.21. The maximum Gasteiger partial charge on any atom is 0.279 e. The molecule has 2 heterocycles. The summed E-state index contributed by atoms with van der Waals surface area (Å²) < 4.78 is 20.0. The van der Waals surface area contributed by atoms with E-state index in [1.165, 1.54) is 28.8 Å². The molecule has 0 spiro atoms. The van der Waals surface area contributed by atoms with Crippen LogP contribution >= 0.6 is 0 Å². The van der Waals surface area contributed by atoms with Crippen LogP contribution in [0.1, 0.15) is 10.5 Å². The number of pyridine rings is 1. The summed E-state index contributed by atoms with van der Waals surface area (Å²) >= 11 is 0. The standard InChI is InChI=1S/C17H15FN4O2/c1-21(16-15(24-2)7-4-9-19-16)17(23)14-8-10-22(20-14)13-6-3-5-12(18)11-13/h3-11H,1-2H3. The first-order chi connectivity index (χ1) is 11.6. The van der Waals surface area contributed by atoms with Crippen LogP contribution in [0.15, 0.2) is 54.9 Å². The van der Waals surface area contributed by atoms with E-state index in [0.717, 1.165) is 0 Å². The van der Waals surface area contributed by atoms with Gasteiger partial charge in [0.05, 0.1) is 12.8 Å². The fourth-order valence-electron chi connectivity index (χ4n) is 2.26. The van der Waals surface area contributed by atoms with Crippen molar-refractivity contribution < 1.29 is 13.9 Å². The van der Waals surface area contributed by atoms with Gasteiger partial charge in [0, 0.05) is 19.4 Å². The highest BCUT2D eigenvalue weighted by Crippen LogP contribution is 2.24. The molecule has 0 N–H and O–H groups in total. The second-order valence-electron chi connectivity index (χ2n) is 5.02. The number of amides is 1. The summed E-state index contributed by atoms with van der Waals surface area (Å²) in [6.45, 7) is 0. The van der Waals surface area contributed by atoms with Crippen molar-refractivity contribution in [3.05, 3.63) is 66.4 Å². The number of nitrogens with zero attached hydrogens (tertiary/aromatic N) is 4. The van der Waals surface area contributed by atoms with Gasteiger partial charge in [-0.05, 0) is 36.4 Å². The highest BCUT2D eigenvalue weighted by molar-refractivity contribution is 6.04. The van der Waals surface area contributed by atoms with Crippen molar-refractivity contribution in [3.8, 4) is 11.4 Å². The van der Waals surface area contributed by atoms with E-state index in [2.05, 4.69) is 10.1 Å². The Labute approximate surface area is 138 Å². The molecule has 0 radical (unpaired) electrons. The molecule has 0 aliphatic heterocycles. The number of hydrogen-bond donors (Lipinski definition) is 0. The molecule has 2 aromatic heterocycles. The molecule has 3 rings (SSSR count). The van der Waals surface area contributed by atoms with Gasteiger partial charge in [0.2, 0.25) is 0 Å².